The van der Waals surface area contributed by atoms with E-state index in [1.54, 1.807) is 16.2 Å². The van der Waals surface area contributed by atoms with Crippen molar-refractivity contribution in [2.24, 2.45) is 5.92 Å². The highest BCUT2D eigenvalue weighted by Gasteiger charge is 2.38. The third-order valence-corrected chi connectivity index (χ3v) is 5.85. The molecule has 4 nitrogen and oxygen atoms in total. The van der Waals surface area contributed by atoms with Crippen molar-refractivity contribution in [1.82, 2.24) is 14.8 Å². The molecule has 1 atom stereocenters. The Morgan fingerprint density at radius 1 is 1.30 bits per heavy atom. The Bertz CT molecular complexity index is 580. The first-order chi connectivity index (χ1) is 10.8. The second-order valence-electron chi connectivity index (χ2n) is 6.64. The second-order valence-corrected chi connectivity index (χ2v) is 7.93. The van der Waals surface area contributed by atoms with Crippen LogP contribution in [0.5, 0.6) is 0 Å². The molecule has 3 rings (SSSR count). The lowest BCUT2D eigenvalue weighted by molar-refractivity contribution is -0.141. The molecular formula is C16H23F2N3OS. The number of amides is 1. The van der Waals surface area contributed by atoms with Crippen LogP contribution in [0.1, 0.15) is 34.8 Å². The fourth-order valence-corrected chi connectivity index (χ4v) is 4.39. The first kappa shape index (κ1) is 16.8. The molecule has 1 amide bonds. The van der Waals surface area contributed by atoms with Crippen molar-refractivity contribution in [3.8, 4) is 0 Å². The molecule has 2 aliphatic rings. The number of thiazole rings is 1. The number of carbonyl (C=O) groups is 1. The molecule has 0 bridgehead atoms. The van der Waals surface area contributed by atoms with Gasteiger partial charge in [0.25, 0.3) is 5.92 Å². The summed E-state index contributed by atoms with van der Waals surface area (Å²) in [6.07, 6.45) is 0.422. The summed E-state index contributed by atoms with van der Waals surface area (Å²) in [5.74, 6) is -2.59. The highest BCUT2D eigenvalue weighted by atomic mass is 32.1. The summed E-state index contributed by atoms with van der Waals surface area (Å²) in [7, 11) is 0. The number of rotatable bonds is 3. The first-order valence-corrected chi connectivity index (χ1v) is 8.97. The number of alkyl halides is 2. The Balaban J connectivity index is 1.53. The molecule has 0 N–H and O–H groups in total. The second kappa shape index (κ2) is 6.43. The van der Waals surface area contributed by atoms with E-state index in [-0.39, 0.29) is 37.8 Å². The average Bonchev–Trinajstić information content (AvgIpc) is 3.06. The van der Waals surface area contributed by atoms with Gasteiger partial charge in [0.2, 0.25) is 5.91 Å². The van der Waals surface area contributed by atoms with E-state index in [0.29, 0.717) is 0 Å². The zero-order valence-electron chi connectivity index (χ0n) is 13.6. The highest BCUT2D eigenvalue weighted by Crippen LogP contribution is 2.30. The lowest BCUT2D eigenvalue weighted by Gasteiger charge is -2.33. The molecule has 0 saturated carbocycles. The van der Waals surface area contributed by atoms with E-state index < -0.39 is 5.92 Å². The molecule has 128 valence electrons. The van der Waals surface area contributed by atoms with Crippen LogP contribution >= 0.6 is 11.3 Å². The molecule has 0 spiro atoms. The molecule has 23 heavy (non-hydrogen) atoms. The van der Waals surface area contributed by atoms with Crippen LogP contribution in [-0.2, 0) is 11.3 Å². The smallest absolute Gasteiger partial charge is 0.251 e. The zero-order chi connectivity index (χ0) is 16.6. The molecule has 0 aliphatic carbocycles. The van der Waals surface area contributed by atoms with Crippen LogP contribution in [0.2, 0.25) is 0 Å². The van der Waals surface area contributed by atoms with Gasteiger partial charge in [0, 0.05) is 43.9 Å². The monoisotopic (exact) mass is 343 g/mol. The maximum absolute atomic E-state index is 13.2. The van der Waals surface area contributed by atoms with Gasteiger partial charge in [0.1, 0.15) is 0 Å². The molecule has 1 unspecified atom stereocenters. The van der Waals surface area contributed by atoms with Crippen molar-refractivity contribution in [3.63, 3.8) is 0 Å². The molecule has 0 aromatic carbocycles. The number of aryl methyl sites for hydroxylation is 2. The van der Waals surface area contributed by atoms with Crippen molar-refractivity contribution in [2.75, 3.05) is 26.2 Å². The van der Waals surface area contributed by atoms with Crippen LogP contribution in [0.15, 0.2) is 0 Å². The first-order valence-electron chi connectivity index (χ1n) is 8.16. The van der Waals surface area contributed by atoms with Gasteiger partial charge in [-0.05, 0) is 26.8 Å². The topological polar surface area (TPSA) is 36.4 Å². The Hall–Kier alpha value is -1.08. The maximum Gasteiger partial charge on any atom is 0.251 e. The van der Waals surface area contributed by atoms with Crippen LogP contribution in [0.3, 0.4) is 0 Å². The van der Waals surface area contributed by atoms with E-state index in [1.165, 1.54) is 4.88 Å². The molecule has 2 aliphatic heterocycles. The summed E-state index contributed by atoms with van der Waals surface area (Å²) < 4.78 is 26.4. The van der Waals surface area contributed by atoms with E-state index in [4.69, 9.17) is 0 Å². The van der Waals surface area contributed by atoms with Gasteiger partial charge in [-0.3, -0.25) is 9.69 Å². The minimum absolute atomic E-state index is 0.0453. The fourth-order valence-electron chi connectivity index (χ4n) is 3.41. The SMILES string of the molecule is Cc1nc(C)c(CN2CCC(C(=O)N3CCC(F)(F)CC3)C2)s1. The molecular weight excluding hydrogens is 320 g/mol. The molecule has 3 heterocycles. The van der Waals surface area contributed by atoms with Crippen LogP contribution in [0, 0.1) is 19.8 Å². The average molecular weight is 343 g/mol. The van der Waals surface area contributed by atoms with Gasteiger partial charge in [-0.1, -0.05) is 0 Å². The number of aromatic nitrogens is 1. The Labute approximate surface area is 139 Å². The van der Waals surface area contributed by atoms with E-state index in [0.717, 1.165) is 36.8 Å². The Morgan fingerprint density at radius 3 is 2.61 bits per heavy atom. The largest absolute Gasteiger partial charge is 0.342 e. The lowest BCUT2D eigenvalue weighted by atomic mass is 10.0. The summed E-state index contributed by atoms with van der Waals surface area (Å²) in [6, 6.07) is 0. The van der Waals surface area contributed by atoms with Gasteiger partial charge in [-0.2, -0.15) is 0 Å². The van der Waals surface area contributed by atoms with Gasteiger partial charge in [-0.15, -0.1) is 11.3 Å². The fraction of sp³-hybridized carbons (Fsp3) is 0.750. The van der Waals surface area contributed by atoms with E-state index >= 15 is 0 Å². The predicted octanol–water partition coefficient (Wildman–Crippen LogP) is 2.84. The van der Waals surface area contributed by atoms with E-state index in [9.17, 15) is 13.6 Å². The van der Waals surface area contributed by atoms with Crippen molar-refractivity contribution in [2.45, 2.75) is 45.6 Å². The number of piperidine rings is 1. The minimum atomic E-state index is -2.60. The third-order valence-electron chi connectivity index (χ3n) is 4.80. The van der Waals surface area contributed by atoms with Crippen LogP contribution in [0.4, 0.5) is 8.78 Å². The van der Waals surface area contributed by atoms with Gasteiger partial charge in [-0.25, -0.2) is 13.8 Å². The van der Waals surface area contributed by atoms with Crippen LogP contribution in [0.25, 0.3) is 0 Å². The Morgan fingerprint density at radius 2 is 2.00 bits per heavy atom. The van der Waals surface area contributed by atoms with E-state index in [1.807, 2.05) is 13.8 Å². The van der Waals surface area contributed by atoms with Crippen molar-refractivity contribution >= 4 is 17.2 Å². The summed E-state index contributed by atoms with van der Waals surface area (Å²) in [4.78, 5) is 22.1. The molecule has 7 heteroatoms. The molecule has 2 fully saturated rings. The number of nitrogens with zero attached hydrogens (tertiary/aromatic N) is 3. The van der Waals surface area contributed by atoms with Gasteiger partial charge in [0.05, 0.1) is 16.6 Å². The zero-order valence-corrected chi connectivity index (χ0v) is 14.5. The number of carbonyl (C=O) groups excluding carboxylic acids is 1. The number of hydrogen-bond donors (Lipinski definition) is 0. The molecule has 2 saturated heterocycles. The van der Waals surface area contributed by atoms with E-state index in [2.05, 4.69) is 9.88 Å². The van der Waals surface area contributed by atoms with Gasteiger partial charge < -0.3 is 4.90 Å². The number of halogens is 2. The standard InChI is InChI=1S/C16H23F2N3OS/c1-11-14(23-12(2)19-11)10-20-6-3-13(9-20)15(22)21-7-4-16(17,18)5-8-21/h13H,3-10H2,1-2H3. The Kier molecular flexibility index (Phi) is 4.69. The lowest BCUT2D eigenvalue weighted by Crippen LogP contribution is -2.45. The normalized spacial score (nSPS) is 25.0. The minimum Gasteiger partial charge on any atom is -0.342 e. The summed E-state index contributed by atoms with van der Waals surface area (Å²) in [5.41, 5.74) is 1.07. The summed E-state index contributed by atoms with van der Waals surface area (Å²) in [5, 5.41) is 1.07. The molecule has 1 aromatic heterocycles. The highest BCUT2D eigenvalue weighted by molar-refractivity contribution is 7.11. The molecule has 0 radical (unpaired) electrons. The summed E-state index contributed by atoms with van der Waals surface area (Å²) in [6.45, 7) is 6.85. The van der Waals surface area contributed by atoms with Crippen LogP contribution < -0.4 is 0 Å². The predicted molar refractivity (Wildman–Crippen MR) is 85.7 cm³/mol. The molecule has 1 aromatic rings. The maximum atomic E-state index is 13.2. The van der Waals surface area contributed by atoms with Crippen molar-refractivity contribution in [1.29, 1.82) is 0 Å². The quantitative estimate of drug-likeness (QED) is 0.847. The van der Waals surface area contributed by atoms with Gasteiger partial charge >= 0.3 is 0 Å². The number of hydrogen-bond acceptors (Lipinski definition) is 4. The van der Waals surface area contributed by atoms with Crippen LogP contribution in [-0.4, -0.2) is 52.8 Å². The van der Waals surface area contributed by atoms with Gasteiger partial charge in [0.15, 0.2) is 0 Å². The third kappa shape index (κ3) is 3.88. The number of likely N-dealkylation sites (tertiary alicyclic amines) is 2. The summed E-state index contributed by atoms with van der Waals surface area (Å²) >= 11 is 1.71. The van der Waals surface area contributed by atoms with Crippen molar-refractivity contribution < 1.29 is 13.6 Å². The van der Waals surface area contributed by atoms with Crippen molar-refractivity contribution in [3.05, 3.63) is 15.6 Å².